The van der Waals surface area contributed by atoms with Crippen LogP contribution in [-0.4, -0.2) is 16.3 Å². The molecule has 0 amide bonds. The average Bonchev–Trinajstić information content (AvgIpc) is 1.95. The summed E-state index contributed by atoms with van der Waals surface area (Å²) < 4.78 is 18.7. The normalized spacial score (nSPS) is 17.7. The molecule has 0 aliphatic carbocycles. The first-order chi connectivity index (χ1) is 7.11. The van der Waals surface area contributed by atoms with Gasteiger partial charge >= 0.3 is 0 Å². The van der Waals surface area contributed by atoms with E-state index in [1.54, 1.807) is 41.5 Å². The molecule has 0 aliphatic heterocycles. The largest absolute Gasteiger partial charge is 0.317 e. The van der Waals surface area contributed by atoms with Crippen molar-refractivity contribution < 1.29 is 13.9 Å². The Balaban J connectivity index is 5.61. The second-order valence-electron chi connectivity index (χ2n) is 7.48. The molecule has 0 aromatic carbocycles. The number of hydrogen-bond donors (Lipinski definition) is 0. The number of carbonyl (C=O) groups is 1. The van der Waals surface area contributed by atoms with E-state index in [1.165, 1.54) is 0 Å². The Kier molecular flexibility index (Phi) is 4.47. The van der Waals surface area contributed by atoms with Crippen molar-refractivity contribution in [3.8, 4) is 0 Å². The predicted molar refractivity (Wildman–Crippen MR) is 72.7 cm³/mol. The smallest absolute Gasteiger partial charge is 0.272 e. The Morgan fingerprint density at radius 3 is 1.41 bits per heavy atom. The second kappa shape index (κ2) is 4.51. The van der Waals surface area contributed by atoms with Crippen LogP contribution in [0.3, 0.4) is 0 Å². The van der Waals surface area contributed by atoms with Gasteiger partial charge in [-0.05, 0) is 20.8 Å². The summed E-state index contributed by atoms with van der Waals surface area (Å²) in [5.74, 6) is 0. The van der Waals surface area contributed by atoms with E-state index < -0.39 is 23.5 Å². The molecule has 0 bridgehead atoms. The van der Waals surface area contributed by atoms with Crippen LogP contribution in [0.2, 0.25) is 0 Å². The van der Waals surface area contributed by atoms with Crippen molar-refractivity contribution in [2.75, 3.05) is 0 Å². The number of carbonyl (C=O) groups excluding carboxylic acids is 1. The van der Waals surface area contributed by atoms with E-state index in [1.807, 2.05) is 20.8 Å². The molecule has 0 fully saturated rings. The third-order valence-electron chi connectivity index (χ3n) is 2.19. The van der Waals surface area contributed by atoms with Crippen LogP contribution in [0.15, 0.2) is 0 Å². The Morgan fingerprint density at radius 2 is 1.24 bits per heavy atom. The zero-order valence-corrected chi connectivity index (χ0v) is 13.6. The highest BCUT2D eigenvalue weighted by Gasteiger charge is 2.50. The molecule has 0 aromatic heterocycles. The van der Waals surface area contributed by atoms with Gasteiger partial charge in [0.05, 0.1) is 5.60 Å². The minimum absolute atomic E-state index is 0.285. The van der Waals surface area contributed by atoms with Gasteiger partial charge in [-0.3, -0.25) is 9.36 Å². The van der Waals surface area contributed by atoms with Gasteiger partial charge < -0.3 is 4.52 Å². The summed E-state index contributed by atoms with van der Waals surface area (Å²) in [6, 6.07) is 0. The third kappa shape index (κ3) is 4.22. The molecule has 0 radical (unpaired) electrons. The number of hydrogen-bond acceptors (Lipinski definition) is 3. The quantitative estimate of drug-likeness (QED) is 0.690. The fourth-order valence-corrected chi connectivity index (χ4v) is 3.93. The minimum atomic E-state index is -3.38. The molecule has 0 saturated heterocycles. The van der Waals surface area contributed by atoms with Crippen LogP contribution in [0.4, 0.5) is 0 Å². The lowest BCUT2D eigenvalue weighted by Crippen LogP contribution is -2.34. The maximum atomic E-state index is 13.0. The first-order valence-corrected chi connectivity index (χ1v) is 7.60. The minimum Gasteiger partial charge on any atom is -0.317 e. The number of rotatable bonds is 2. The van der Waals surface area contributed by atoms with Crippen molar-refractivity contribution in [1.29, 1.82) is 0 Å². The second-order valence-corrected chi connectivity index (χ2v) is 10.5. The zero-order valence-electron chi connectivity index (χ0n) is 12.7. The van der Waals surface area contributed by atoms with Gasteiger partial charge in [-0.25, -0.2) is 0 Å². The maximum absolute atomic E-state index is 13.0. The Hall–Kier alpha value is -0.140. The molecule has 0 saturated carbocycles. The molecular formula is C13H27O3P. The van der Waals surface area contributed by atoms with Crippen LogP contribution >= 0.6 is 7.37 Å². The van der Waals surface area contributed by atoms with Crippen molar-refractivity contribution in [2.24, 2.45) is 5.41 Å². The Morgan fingerprint density at radius 1 is 0.882 bits per heavy atom. The van der Waals surface area contributed by atoms with E-state index in [-0.39, 0.29) is 5.52 Å². The van der Waals surface area contributed by atoms with Crippen molar-refractivity contribution in [3.63, 3.8) is 0 Å². The zero-order chi connectivity index (χ0) is 14.3. The van der Waals surface area contributed by atoms with E-state index in [0.717, 1.165) is 0 Å². The summed E-state index contributed by atoms with van der Waals surface area (Å²) in [4.78, 5) is 12.4. The van der Waals surface area contributed by atoms with Gasteiger partial charge in [0.15, 0.2) is 0 Å². The fraction of sp³-hybridized carbons (Fsp3) is 0.923. The summed E-state index contributed by atoms with van der Waals surface area (Å²) in [7, 11) is -3.38. The van der Waals surface area contributed by atoms with Gasteiger partial charge in [-0.1, -0.05) is 41.5 Å². The van der Waals surface area contributed by atoms with Gasteiger partial charge in [0.25, 0.3) is 7.37 Å². The third-order valence-corrected chi connectivity index (χ3v) is 5.97. The maximum Gasteiger partial charge on any atom is 0.272 e. The van der Waals surface area contributed by atoms with Crippen molar-refractivity contribution in [1.82, 2.24) is 0 Å². The highest BCUT2D eigenvalue weighted by atomic mass is 31.2. The fourth-order valence-electron chi connectivity index (χ4n) is 1.31. The summed E-state index contributed by atoms with van der Waals surface area (Å²) >= 11 is 0. The van der Waals surface area contributed by atoms with E-state index in [2.05, 4.69) is 0 Å². The van der Waals surface area contributed by atoms with Crippen LogP contribution in [0.5, 0.6) is 0 Å². The molecule has 102 valence electrons. The topological polar surface area (TPSA) is 43.4 Å². The monoisotopic (exact) mass is 262 g/mol. The Bertz CT molecular complexity index is 337. The van der Waals surface area contributed by atoms with E-state index in [9.17, 15) is 9.36 Å². The lowest BCUT2D eigenvalue weighted by molar-refractivity contribution is -0.120. The Labute approximate surface area is 106 Å². The lowest BCUT2D eigenvalue weighted by Gasteiger charge is -2.37. The lowest BCUT2D eigenvalue weighted by atomic mass is 9.99. The molecule has 1 unspecified atom stereocenters. The van der Waals surface area contributed by atoms with Crippen LogP contribution in [0.1, 0.15) is 62.3 Å². The van der Waals surface area contributed by atoms with Gasteiger partial charge in [-0.15, -0.1) is 0 Å². The standard InChI is InChI=1S/C13H27O3P/c1-11(2,3)10(14)17(15,13(7,8)9)16-12(4,5)6/h1-9H3. The van der Waals surface area contributed by atoms with Crippen LogP contribution in [0.25, 0.3) is 0 Å². The molecule has 0 aliphatic rings. The highest BCUT2D eigenvalue weighted by Crippen LogP contribution is 2.64. The average molecular weight is 262 g/mol. The summed E-state index contributed by atoms with van der Waals surface area (Å²) in [5.41, 5.74) is -1.54. The first-order valence-electron chi connectivity index (χ1n) is 5.97. The van der Waals surface area contributed by atoms with Crippen LogP contribution in [-0.2, 0) is 13.9 Å². The van der Waals surface area contributed by atoms with Gasteiger partial charge in [0.1, 0.15) is 0 Å². The van der Waals surface area contributed by atoms with Crippen LogP contribution in [0, 0.1) is 5.41 Å². The molecule has 17 heavy (non-hydrogen) atoms. The van der Waals surface area contributed by atoms with Gasteiger partial charge in [0.2, 0.25) is 5.52 Å². The van der Waals surface area contributed by atoms with Crippen LogP contribution < -0.4 is 0 Å². The summed E-state index contributed by atoms with van der Waals surface area (Å²) in [5, 5.41) is -0.676. The predicted octanol–water partition coefficient (Wildman–Crippen LogP) is 4.45. The molecule has 0 spiro atoms. The molecule has 0 N–H and O–H groups in total. The molecule has 0 aromatic rings. The van der Waals surface area contributed by atoms with Crippen molar-refractivity contribution in [3.05, 3.63) is 0 Å². The van der Waals surface area contributed by atoms with E-state index in [0.29, 0.717) is 0 Å². The van der Waals surface area contributed by atoms with E-state index in [4.69, 9.17) is 4.52 Å². The first kappa shape index (κ1) is 16.9. The molecule has 4 heteroatoms. The molecule has 0 heterocycles. The summed E-state index contributed by atoms with van der Waals surface area (Å²) in [6.45, 7) is 16.2. The molecule has 3 nitrogen and oxygen atoms in total. The van der Waals surface area contributed by atoms with E-state index >= 15 is 0 Å². The van der Waals surface area contributed by atoms with Gasteiger partial charge in [-0.2, -0.15) is 0 Å². The SMILES string of the molecule is CC(C)(C)OP(=O)(C(=O)C(C)(C)C)C(C)(C)C. The molecular weight excluding hydrogens is 235 g/mol. The van der Waals surface area contributed by atoms with Crippen molar-refractivity contribution >= 4 is 12.9 Å². The van der Waals surface area contributed by atoms with Gasteiger partial charge in [0, 0.05) is 10.6 Å². The van der Waals surface area contributed by atoms with Crippen molar-refractivity contribution in [2.45, 2.75) is 73.1 Å². The molecule has 0 rings (SSSR count). The highest BCUT2D eigenvalue weighted by molar-refractivity contribution is 7.77. The molecule has 1 atom stereocenters. The summed E-state index contributed by atoms with van der Waals surface area (Å²) in [6.07, 6.45) is 0.